The molecule has 2 heterocycles. The van der Waals surface area contributed by atoms with Crippen molar-refractivity contribution in [2.75, 3.05) is 19.6 Å². The monoisotopic (exact) mass is 286 g/mol. The summed E-state index contributed by atoms with van der Waals surface area (Å²) in [4.78, 5) is 14.8. The molecule has 1 amide bonds. The van der Waals surface area contributed by atoms with Crippen molar-refractivity contribution in [3.8, 4) is 0 Å². The molecule has 21 heavy (non-hydrogen) atoms. The van der Waals surface area contributed by atoms with E-state index in [-0.39, 0.29) is 5.92 Å². The average Bonchev–Trinajstić information content (AvgIpc) is 2.55. The zero-order valence-corrected chi connectivity index (χ0v) is 12.9. The minimum absolute atomic E-state index is 0.245. The van der Waals surface area contributed by atoms with E-state index in [2.05, 4.69) is 47.5 Å². The Morgan fingerprint density at radius 2 is 1.86 bits per heavy atom. The molecule has 2 saturated heterocycles. The number of carbonyl (C=O) groups is 1. The second kappa shape index (κ2) is 6.61. The molecule has 114 valence electrons. The average molecular weight is 286 g/mol. The van der Waals surface area contributed by atoms with Gasteiger partial charge in [-0.15, -0.1) is 0 Å². The molecule has 3 nitrogen and oxygen atoms in total. The Morgan fingerprint density at radius 3 is 2.52 bits per heavy atom. The van der Waals surface area contributed by atoms with Crippen LogP contribution in [0.2, 0.25) is 0 Å². The zero-order chi connectivity index (χ0) is 14.7. The molecule has 0 bridgehead atoms. The molecule has 2 aliphatic rings. The summed E-state index contributed by atoms with van der Waals surface area (Å²) in [5.74, 6) is 1.27. The molecule has 0 radical (unpaired) electrons. The lowest BCUT2D eigenvalue weighted by Crippen LogP contribution is -2.46. The lowest BCUT2D eigenvalue weighted by molar-refractivity contribution is -0.137. The first-order valence-electron chi connectivity index (χ1n) is 8.31. The molecule has 1 aromatic carbocycles. The highest BCUT2D eigenvalue weighted by Gasteiger charge is 2.31. The van der Waals surface area contributed by atoms with Crippen LogP contribution in [0.4, 0.5) is 0 Å². The Bertz CT molecular complexity index is 465. The lowest BCUT2D eigenvalue weighted by Gasteiger charge is -2.36. The molecule has 2 aliphatic heterocycles. The van der Waals surface area contributed by atoms with Crippen LogP contribution in [0.1, 0.15) is 44.1 Å². The fourth-order valence-corrected chi connectivity index (χ4v) is 3.77. The summed E-state index contributed by atoms with van der Waals surface area (Å²) in [5, 5.41) is 3.43. The maximum absolute atomic E-state index is 12.6. The van der Waals surface area contributed by atoms with E-state index < -0.39 is 0 Å². The van der Waals surface area contributed by atoms with Gasteiger partial charge in [-0.05, 0) is 50.6 Å². The third kappa shape index (κ3) is 3.46. The van der Waals surface area contributed by atoms with Gasteiger partial charge in [-0.2, -0.15) is 0 Å². The fourth-order valence-electron chi connectivity index (χ4n) is 3.77. The SMILES string of the molecule is C[C@H]1C[C@@H](C(=O)N2CCC(c3ccccc3)CC2)CCN1. The normalized spacial score (nSPS) is 27.6. The number of piperidine rings is 2. The maximum atomic E-state index is 12.6. The van der Waals surface area contributed by atoms with Crippen LogP contribution in [-0.4, -0.2) is 36.5 Å². The van der Waals surface area contributed by atoms with Gasteiger partial charge in [-0.3, -0.25) is 4.79 Å². The third-order valence-corrected chi connectivity index (χ3v) is 5.05. The van der Waals surface area contributed by atoms with Crippen molar-refractivity contribution < 1.29 is 4.79 Å². The Kier molecular flexibility index (Phi) is 4.59. The maximum Gasteiger partial charge on any atom is 0.225 e. The molecule has 2 fully saturated rings. The summed E-state index contributed by atoms with van der Waals surface area (Å²) < 4.78 is 0. The number of rotatable bonds is 2. The number of likely N-dealkylation sites (tertiary alicyclic amines) is 1. The summed E-state index contributed by atoms with van der Waals surface area (Å²) in [7, 11) is 0. The summed E-state index contributed by atoms with van der Waals surface area (Å²) in [6.07, 6.45) is 4.21. The molecule has 0 spiro atoms. The van der Waals surface area contributed by atoms with Gasteiger partial charge < -0.3 is 10.2 Å². The number of carbonyl (C=O) groups excluding carboxylic acids is 1. The van der Waals surface area contributed by atoms with Crippen molar-refractivity contribution >= 4 is 5.91 Å². The number of hydrogen-bond donors (Lipinski definition) is 1. The number of nitrogens with one attached hydrogen (secondary N) is 1. The highest BCUT2D eigenvalue weighted by Crippen LogP contribution is 2.29. The van der Waals surface area contributed by atoms with E-state index in [9.17, 15) is 4.79 Å². The molecule has 0 unspecified atom stereocenters. The minimum atomic E-state index is 0.245. The topological polar surface area (TPSA) is 32.3 Å². The zero-order valence-electron chi connectivity index (χ0n) is 12.9. The molecule has 0 aromatic heterocycles. The lowest BCUT2D eigenvalue weighted by atomic mass is 9.87. The van der Waals surface area contributed by atoms with Crippen molar-refractivity contribution in [3.63, 3.8) is 0 Å². The number of amides is 1. The molecule has 3 rings (SSSR count). The Morgan fingerprint density at radius 1 is 1.14 bits per heavy atom. The van der Waals surface area contributed by atoms with Crippen LogP contribution in [0.5, 0.6) is 0 Å². The molecule has 1 N–H and O–H groups in total. The molecule has 0 aliphatic carbocycles. The van der Waals surface area contributed by atoms with E-state index in [1.807, 2.05) is 0 Å². The van der Waals surface area contributed by atoms with Gasteiger partial charge in [0, 0.05) is 25.0 Å². The van der Waals surface area contributed by atoms with Crippen LogP contribution in [0.15, 0.2) is 30.3 Å². The third-order valence-electron chi connectivity index (χ3n) is 5.05. The molecule has 1 aromatic rings. The molecular formula is C18H26N2O. The first kappa shape index (κ1) is 14.6. The van der Waals surface area contributed by atoms with Gasteiger partial charge in [0.1, 0.15) is 0 Å². The summed E-state index contributed by atoms with van der Waals surface area (Å²) >= 11 is 0. The smallest absolute Gasteiger partial charge is 0.225 e. The predicted molar refractivity (Wildman–Crippen MR) is 85.2 cm³/mol. The van der Waals surface area contributed by atoms with Crippen molar-refractivity contribution in [1.29, 1.82) is 0 Å². The summed E-state index contributed by atoms with van der Waals surface area (Å²) in [6.45, 7) is 5.02. The van der Waals surface area contributed by atoms with E-state index in [0.717, 1.165) is 45.3 Å². The largest absolute Gasteiger partial charge is 0.342 e. The first-order chi connectivity index (χ1) is 10.2. The van der Waals surface area contributed by atoms with Crippen LogP contribution in [0.25, 0.3) is 0 Å². The quantitative estimate of drug-likeness (QED) is 0.906. The van der Waals surface area contributed by atoms with Gasteiger partial charge in [0.2, 0.25) is 5.91 Å². The van der Waals surface area contributed by atoms with E-state index in [1.54, 1.807) is 0 Å². The van der Waals surface area contributed by atoms with E-state index in [0.29, 0.717) is 17.9 Å². The fraction of sp³-hybridized carbons (Fsp3) is 0.611. The highest BCUT2D eigenvalue weighted by molar-refractivity contribution is 5.79. The van der Waals surface area contributed by atoms with Gasteiger partial charge in [0.25, 0.3) is 0 Å². The van der Waals surface area contributed by atoms with Gasteiger partial charge >= 0.3 is 0 Å². The summed E-state index contributed by atoms with van der Waals surface area (Å²) in [6, 6.07) is 11.2. The number of hydrogen-bond acceptors (Lipinski definition) is 2. The van der Waals surface area contributed by atoms with E-state index in [1.165, 1.54) is 5.56 Å². The Balaban J connectivity index is 1.54. The minimum Gasteiger partial charge on any atom is -0.342 e. The van der Waals surface area contributed by atoms with Crippen molar-refractivity contribution in [1.82, 2.24) is 10.2 Å². The first-order valence-corrected chi connectivity index (χ1v) is 8.31. The Hall–Kier alpha value is -1.35. The molecule has 2 atom stereocenters. The van der Waals surface area contributed by atoms with Gasteiger partial charge in [-0.25, -0.2) is 0 Å². The van der Waals surface area contributed by atoms with Gasteiger partial charge in [-0.1, -0.05) is 30.3 Å². The standard InChI is InChI=1S/C18H26N2O/c1-14-13-17(7-10-19-14)18(21)20-11-8-16(9-12-20)15-5-3-2-4-6-15/h2-6,14,16-17,19H,7-13H2,1H3/t14-,17-/m0/s1. The number of nitrogens with zero attached hydrogens (tertiary/aromatic N) is 1. The van der Waals surface area contributed by atoms with Crippen LogP contribution in [0.3, 0.4) is 0 Å². The summed E-state index contributed by atoms with van der Waals surface area (Å²) in [5.41, 5.74) is 1.43. The highest BCUT2D eigenvalue weighted by atomic mass is 16.2. The van der Waals surface area contributed by atoms with E-state index >= 15 is 0 Å². The predicted octanol–water partition coefficient (Wildman–Crippen LogP) is 2.78. The van der Waals surface area contributed by atoms with E-state index in [4.69, 9.17) is 0 Å². The van der Waals surface area contributed by atoms with Crippen LogP contribution >= 0.6 is 0 Å². The number of benzene rings is 1. The van der Waals surface area contributed by atoms with Crippen molar-refractivity contribution in [3.05, 3.63) is 35.9 Å². The van der Waals surface area contributed by atoms with Gasteiger partial charge in [0.15, 0.2) is 0 Å². The second-order valence-corrected chi connectivity index (χ2v) is 6.59. The van der Waals surface area contributed by atoms with Crippen LogP contribution < -0.4 is 5.32 Å². The van der Waals surface area contributed by atoms with Crippen LogP contribution in [-0.2, 0) is 4.79 Å². The molecule has 3 heteroatoms. The molecular weight excluding hydrogens is 260 g/mol. The van der Waals surface area contributed by atoms with Gasteiger partial charge in [0.05, 0.1) is 0 Å². The second-order valence-electron chi connectivity index (χ2n) is 6.59. The van der Waals surface area contributed by atoms with Crippen molar-refractivity contribution in [2.24, 2.45) is 5.92 Å². The van der Waals surface area contributed by atoms with Crippen LogP contribution in [0, 0.1) is 5.92 Å². The van der Waals surface area contributed by atoms with Crippen molar-refractivity contribution in [2.45, 2.75) is 44.6 Å². The Labute approximate surface area is 127 Å². The molecule has 0 saturated carbocycles.